The molecule has 2 aliphatic heterocycles. The van der Waals surface area contributed by atoms with Gasteiger partial charge < -0.3 is 15.0 Å². The van der Waals surface area contributed by atoms with E-state index in [2.05, 4.69) is 27.1 Å². The Morgan fingerprint density at radius 3 is 2.85 bits per heavy atom. The van der Waals surface area contributed by atoms with E-state index in [0.717, 1.165) is 50.2 Å². The molecule has 2 aromatic rings. The van der Waals surface area contributed by atoms with Crippen LogP contribution in [0.4, 0.5) is 0 Å². The summed E-state index contributed by atoms with van der Waals surface area (Å²) in [6.07, 6.45) is 7.34. The average Bonchev–Trinajstić information content (AvgIpc) is 2.69. The molecule has 1 saturated heterocycles. The molecule has 0 radical (unpaired) electrons. The maximum Gasteiger partial charge on any atom is 0.271 e. The third-order valence-corrected chi connectivity index (χ3v) is 5.51. The number of aromatic nitrogens is 2. The second-order valence-electron chi connectivity index (χ2n) is 7.08. The zero-order valence-corrected chi connectivity index (χ0v) is 15.0. The highest BCUT2D eigenvalue weighted by molar-refractivity contribution is 5.92. The Labute approximate surface area is 153 Å². The molecule has 0 saturated carbocycles. The number of nitrogens with zero attached hydrogens (tertiary/aromatic N) is 3. The van der Waals surface area contributed by atoms with Crippen LogP contribution in [0.25, 0.3) is 0 Å². The fraction of sp³-hybridized carbons (Fsp3) is 0.450. The number of rotatable bonds is 3. The van der Waals surface area contributed by atoms with Gasteiger partial charge in [0, 0.05) is 37.5 Å². The summed E-state index contributed by atoms with van der Waals surface area (Å²) in [6, 6.07) is 7.93. The summed E-state index contributed by atoms with van der Waals surface area (Å²) in [6.45, 7) is 5.32. The van der Waals surface area contributed by atoms with Gasteiger partial charge >= 0.3 is 0 Å². The molecule has 1 aromatic heterocycles. The number of piperidine rings is 1. The van der Waals surface area contributed by atoms with Crippen molar-refractivity contribution in [3.8, 4) is 5.75 Å². The Kier molecular flexibility index (Phi) is 4.59. The van der Waals surface area contributed by atoms with Gasteiger partial charge in [0.05, 0.1) is 12.2 Å². The minimum absolute atomic E-state index is 0.0809. The summed E-state index contributed by atoms with van der Waals surface area (Å²) in [7, 11) is 0. The van der Waals surface area contributed by atoms with Crippen molar-refractivity contribution in [3.05, 3.63) is 54.1 Å². The van der Waals surface area contributed by atoms with Gasteiger partial charge in [-0.15, -0.1) is 0 Å². The lowest BCUT2D eigenvalue weighted by Crippen LogP contribution is -2.52. The van der Waals surface area contributed by atoms with Crippen LogP contribution in [0.3, 0.4) is 0 Å². The fourth-order valence-corrected chi connectivity index (χ4v) is 3.98. The van der Waals surface area contributed by atoms with Crippen molar-refractivity contribution in [1.29, 1.82) is 0 Å². The van der Waals surface area contributed by atoms with E-state index in [9.17, 15) is 4.79 Å². The predicted octanol–water partition coefficient (Wildman–Crippen LogP) is 2.58. The molecular weight excluding hydrogens is 328 g/mol. The molecule has 1 aromatic carbocycles. The van der Waals surface area contributed by atoms with Crippen molar-refractivity contribution < 1.29 is 9.53 Å². The first kappa shape index (κ1) is 17.0. The van der Waals surface area contributed by atoms with E-state index < -0.39 is 0 Å². The largest absolute Gasteiger partial charge is 0.487 e. The molecule has 0 bridgehead atoms. The first-order valence-electron chi connectivity index (χ1n) is 9.26. The summed E-state index contributed by atoms with van der Waals surface area (Å²) in [5.74, 6) is 0.689. The topological polar surface area (TPSA) is 67.4 Å². The number of nitrogens with one attached hydrogen (secondary N) is 1. The van der Waals surface area contributed by atoms with Crippen molar-refractivity contribution >= 4 is 5.91 Å². The lowest BCUT2D eigenvalue weighted by molar-refractivity contribution is -0.0235. The van der Waals surface area contributed by atoms with Gasteiger partial charge in [-0.1, -0.05) is 25.1 Å². The Morgan fingerprint density at radius 1 is 1.31 bits per heavy atom. The summed E-state index contributed by atoms with van der Waals surface area (Å²) in [5.41, 5.74) is 1.17. The number of ether oxygens (including phenoxy) is 1. The van der Waals surface area contributed by atoms with Crippen LogP contribution in [0.5, 0.6) is 5.75 Å². The fourth-order valence-electron chi connectivity index (χ4n) is 3.98. The van der Waals surface area contributed by atoms with Crippen LogP contribution < -0.4 is 10.1 Å². The van der Waals surface area contributed by atoms with Crippen LogP contribution in [0.15, 0.2) is 42.9 Å². The van der Waals surface area contributed by atoms with E-state index in [1.165, 1.54) is 12.4 Å². The van der Waals surface area contributed by atoms with Gasteiger partial charge in [0.15, 0.2) is 0 Å². The first-order valence-corrected chi connectivity index (χ1v) is 9.26. The summed E-state index contributed by atoms with van der Waals surface area (Å²) < 4.78 is 6.46. The zero-order chi connectivity index (χ0) is 18.0. The summed E-state index contributed by atoms with van der Waals surface area (Å²) in [4.78, 5) is 23.2. The second kappa shape index (κ2) is 7.03. The zero-order valence-electron chi connectivity index (χ0n) is 15.0. The lowest BCUT2D eigenvalue weighted by atomic mass is 9.80. The molecule has 1 atom stereocenters. The standard InChI is InChI=1S/C20H24N4O2/c1-2-24-11-7-20(8-12-24)13-16(15-5-3-4-6-18(15)26-20)23-19(25)17-14-21-9-10-22-17/h3-6,9-10,14,16H,2,7-8,11-13H2,1H3,(H,23,25)/t16-/m1/s1. The van der Waals surface area contributed by atoms with Gasteiger partial charge in [-0.05, 0) is 25.5 Å². The molecule has 0 aliphatic carbocycles. The molecule has 2 aliphatic rings. The van der Waals surface area contributed by atoms with Crippen molar-refractivity contribution in [2.24, 2.45) is 0 Å². The Bertz CT molecular complexity index is 772. The van der Waals surface area contributed by atoms with Gasteiger partial charge in [-0.25, -0.2) is 4.98 Å². The third kappa shape index (κ3) is 3.29. The van der Waals surface area contributed by atoms with Gasteiger partial charge in [0.1, 0.15) is 17.0 Å². The molecule has 0 unspecified atom stereocenters. The maximum atomic E-state index is 12.6. The maximum absolute atomic E-state index is 12.6. The summed E-state index contributed by atoms with van der Waals surface area (Å²) in [5, 5.41) is 3.15. The van der Waals surface area contributed by atoms with Crippen molar-refractivity contribution in [2.45, 2.75) is 37.8 Å². The molecule has 1 spiro atoms. The molecule has 6 nitrogen and oxygen atoms in total. The monoisotopic (exact) mass is 352 g/mol. The molecule has 1 N–H and O–H groups in total. The number of hydrogen-bond donors (Lipinski definition) is 1. The Balaban J connectivity index is 1.58. The highest BCUT2D eigenvalue weighted by Gasteiger charge is 2.43. The van der Waals surface area contributed by atoms with E-state index in [4.69, 9.17) is 4.74 Å². The normalized spacial score (nSPS) is 21.7. The molecule has 1 amide bonds. The molecular formula is C20H24N4O2. The number of carbonyl (C=O) groups excluding carboxylic acids is 1. The number of amides is 1. The predicted molar refractivity (Wildman–Crippen MR) is 98.0 cm³/mol. The number of hydrogen-bond acceptors (Lipinski definition) is 5. The van der Waals surface area contributed by atoms with Gasteiger partial charge in [0.25, 0.3) is 5.91 Å². The molecule has 3 heterocycles. The Hall–Kier alpha value is -2.47. The number of para-hydroxylation sites is 1. The van der Waals surface area contributed by atoms with E-state index >= 15 is 0 Å². The van der Waals surface area contributed by atoms with Crippen molar-refractivity contribution in [2.75, 3.05) is 19.6 Å². The van der Waals surface area contributed by atoms with Crippen LogP contribution in [-0.2, 0) is 0 Å². The van der Waals surface area contributed by atoms with Crippen LogP contribution >= 0.6 is 0 Å². The van der Waals surface area contributed by atoms with E-state index in [1.807, 2.05) is 24.3 Å². The highest BCUT2D eigenvalue weighted by Crippen LogP contribution is 2.44. The van der Waals surface area contributed by atoms with Gasteiger partial charge in [-0.3, -0.25) is 9.78 Å². The van der Waals surface area contributed by atoms with Gasteiger partial charge in [-0.2, -0.15) is 0 Å². The molecule has 26 heavy (non-hydrogen) atoms. The number of likely N-dealkylation sites (tertiary alicyclic amines) is 1. The van der Waals surface area contributed by atoms with Crippen molar-refractivity contribution in [3.63, 3.8) is 0 Å². The second-order valence-corrected chi connectivity index (χ2v) is 7.08. The number of benzene rings is 1. The van der Waals surface area contributed by atoms with Gasteiger partial charge in [0.2, 0.25) is 0 Å². The SMILES string of the molecule is CCN1CCC2(CC1)C[C@@H](NC(=O)c1cnccn1)c1ccccc1O2. The molecule has 136 valence electrons. The highest BCUT2D eigenvalue weighted by atomic mass is 16.5. The molecule has 1 fully saturated rings. The summed E-state index contributed by atoms with van der Waals surface area (Å²) >= 11 is 0. The van der Waals surface area contributed by atoms with E-state index in [-0.39, 0.29) is 17.6 Å². The number of carbonyl (C=O) groups is 1. The average molecular weight is 352 g/mol. The number of fused-ring (bicyclic) bond motifs is 1. The molecule has 6 heteroatoms. The quantitative estimate of drug-likeness (QED) is 0.920. The third-order valence-electron chi connectivity index (χ3n) is 5.51. The van der Waals surface area contributed by atoms with E-state index in [1.54, 1.807) is 6.20 Å². The van der Waals surface area contributed by atoms with Crippen LogP contribution in [0.2, 0.25) is 0 Å². The van der Waals surface area contributed by atoms with Crippen LogP contribution in [0, 0.1) is 0 Å². The Morgan fingerprint density at radius 2 is 2.12 bits per heavy atom. The smallest absolute Gasteiger partial charge is 0.271 e. The van der Waals surface area contributed by atoms with Crippen LogP contribution in [-0.4, -0.2) is 46.0 Å². The van der Waals surface area contributed by atoms with Crippen LogP contribution in [0.1, 0.15) is 48.3 Å². The minimum Gasteiger partial charge on any atom is -0.487 e. The minimum atomic E-state index is -0.208. The van der Waals surface area contributed by atoms with Crippen molar-refractivity contribution in [1.82, 2.24) is 20.2 Å². The lowest BCUT2D eigenvalue weighted by Gasteiger charge is -2.46. The first-order chi connectivity index (χ1) is 12.7. The van der Waals surface area contributed by atoms with E-state index in [0.29, 0.717) is 5.69 Å². The molecule has 4 rings (SSSR count).